The van der Waals surface area contributed by atoms with Gasteiger partial charge in [-0.25, -0.2) is 9.78 Å². The van der Waals surface area contributed by atoms with Gasteiger partial charge in [-0.05, 0) is 25.1 Å². The third-order valence-electron chi connectivity index (χ3n) is 4.42. The number of carbonyl (C=O) groups excluding carboxylic acids is 2. The Morgan fingerprint density at radius 2 is 1.72 bits per heavy atom. The number of carbonyl (C=O) groups is 2. The van der Waals surface area contributed by atoms with Gasteiger partial charge in [-0.2, -0.15) is 0 Å². The number of aryl methyl sites for hydroxylation is 1. The van der Waals surface area contributed by atoms with Crippen LogP contribution in [0, 0.1) is 0 Å². The highest BCUT2D eigenvalue weighted by molar-refractivity contribution is 5.96. The normalized spacial score (nSPS) is 11.1. The average molecular weight is 393 g/mol. The van der Waals surface area contributed by atoms with Crippen LogP contribution in [0.2, 0.25) is 0 Å². The Kier molecular flexibility index (Phi) is 5.29. The molecule has 0 bridgehead atoms. The lowest BCUT2D eigenvalue weighted by Gasteiger charge is -2.05. The van der Waals surface area contributed by atoms with E-state index in [4.69, 9.17) is 18.3 Å². The number of ether oxygens (including phenoxy) is 2. The summed E-state index contributed by atoms with van der Waals surface area (Å²) in [5.41, 5.74) is 2.46. The first-order valence-electron chi connectivity index (χ1n) is 9.33. The number of furan rings is 1. The molecule has 0 N–H and O–H groups in total. The van der Waals surface area contributed by atoms with Crippen molar-refractivity contribution in [3.8, 4) is 0 Å². The number of para-hydroxylation sites is 3. The molecule has 0 atom stereocenters. The standard InChI is InChI=1S/C22H19NO6/c1-2-26-22(25)21-15(14-7-3-5-9-17(14)29-21)13-27-20(24)12-11-19-23-16-8-4-6-10-18(16)28-19/h3-10H,2,11-13H2,1H3. The maximum absolute atomic E-state index is 12.2. The minimum atomic E-state index is -0.582. The van der Waals surface area contributed by atoms with Gasteiger partial charge in [-0.3, -0.25) is 4.79 Å². The molecule has 7 heteroatoms. The molecule has 0 saturated carbocycles. The fourth-order valence-corrected chi connectivity index (χ4v) is 3.06. The van der Waals surface area contributed by atoms with Gasteiger partial charge >= 0.3 is 11.9 Å². The number of fused-ring (bicyclic) bond motifs is 2. The van der Waals surface area contributed by atoms with Crippen LogP contribution in [0.25, 0.3) is 22.1 Å². The van der Waals surface area contributed by atoms with Gasteiger partial charge in [0.05, 0.1) is 18.6 Å². The smallest absolute Gasteiger partial charge is 0.374 e. The second-order valence-electron chi connectivity index (χ2n) is 6.36. The van der Waals surface area contributed by atoms with E-state index in [1.807, 2.05) is 36.4 Å². The first-order chi connectivity index (χ1) is 14.2. The van der Waals surface area contributed by atoms with Crippen LogP contribution in [0.3, 0.4) is 0 Å². The lowest BCUT2D eigenvalue weighted by Crippen LogP contribution is -2.10. The predicted molar refractivity (Wildman–Crippen MR) is 104 cm³/mol. The van der Waals surface area contributed by atoms with E-state index >= 15 is 0 Å². The van der Waals surface area contributed by atoms with E-state index in [0.717, 1.165) is 5.52 Å². The third-order valence-corrected chi connectivity index (χ3v) is 4.42. The Morgan fingerprint density at radius 1 is 0.966 bits per heavy atom. The molecule has 0 aliphatic heterocycles. The molecule has 148 valence electrons. The van der Waals surface area contributed by atoms with Crippen LogP contribution in [0.15, 0.2) is 57.4 Å². The summed E-state index contributed by atoms with van der Waals surface area (Å²) in [5, 5.41) is 0.710. The Morgan fingerprint density at radius 3 is 2.52 bits per heavy atom. The van der Waals surface area contributed by atoms with Crippen LogP contribution in [0.4, 0.5) is 0 Å². The summed E-state index contributed by atoms with van der Waals surface area (Å²) in [6.45, 7) is 1.85. The van der Waals surface area contributed by atoms with Crippen molar-refractivity contribution in [3.05, 3.63) is 65.7 Å². The molecular weight excluding hydrogens is 374 g/mol. The predicted octanol–water partition coefficient (Wildman–Crippen LogP) is 4.43. The van der Waals surface area contributed by atoms with Crippen molar-refractivity contribution >= 4 is 34.0 Å². The quantitative estimate of drug-likeness (QED) is 0.429. The van der Waals surface area contributed by atoms with E-state index in [0.29, 0.717) is 34.4 Å². The molecule has 4 aromatic rings. The molecular formula is C22H19NO6. The Bertz CT molecular complexity index is 1140. The zero-order chi connectivity index (χ0) is 20.2. The maximum atomic E-state index is 12.2. The van der Waals surface area contributed by atoms with Crippen molar-refractivity contribution in [2.45, 2.75) is 26.4 Å². The maximum Gasteiger partial charge on any atom is 0.374 e. The number of esters is 2. The van der Waals surface area contributed by atoms with Crippen LogP contribution < -0.4 is 0 Å². The summed E-state index contributed by atoms with van der Waals surface area (Å²) in [4.78, 5) is 28.8. The van der Waals surface area contributed by atoms with Crippen molar-refractivity contribution in [3.63, 3.8) is 0 Å². The van der Waals surface area contributed by atoms with Crippen molar-refractivity contribution < 1.29 is 27.9 Å². The van der Waals surface area contributed by atoms with E-state index in [9.17, 15) is 9.59 Å². The number of hydrogen-bond donors (Lipinski definition) is 0. The van der Waals surface area contributed by atoms with Gasteiger partial charge in [0.2, 0.25) is 5.76 Å². The minimum Gasteiger partial charge on any atom is -0.461 e. The van der Waals surface area contributed by atoms with Gasteiger partial charge in [0.1, 0.15) is 17.7 Å². The third kappa shape index (κ3) is 3.99. The number of benzene rings is 2. The highest BCUT2D eigenvalue weighted by atomic mass is 16.5. The van der Waals surface area contributed by atoms with Gasteiger partial charge in [0, 0.05) is 11.8 Å². The van der Waals surface area contributed by atoms with Crippen molar-refractivity contribution in [1.82, 2.24) is 4.98 Å². The second-order valence-corrected chi connectivity index (χ2v) is 6.36. The zero-order valence-electron chi connectivity index (χ0n) is 15.8. The topological polar surface area (TPSA) is 91.8 Å². The molecule has 0 radical (unpaired) electrons. The molecule has 0 unspecified atom stereocenters. The number of rotatable bonds is 7. The van der Waals surface area contributed by atoms with Gasteiger partial charge < -0.3 is 18.3 Å². The summed E-state index contributed by atoms with van der Waals surface area (Å²) >= 11 is 0. The van der Waals surface area contributed by atoms with Crippen LogP contribution in [0.1, 0.15) is 35.4 Å². The monoisotopic (exact) mass is 393 g/mol. The van der Waals surface area contributed by atoms with E-state index in [2.05, 4.69) is 4.98 Å². The molecule has 0 fully saturated rings. The number of oxazole rings is 1. The van der Waals surface area contributed by atoms with Crippen LogP contribution >= 0.6 is 0 Å². The molecule has 2 aromatic heterocycles. The molecule has 0 aliphatic carbocycles. The minimum absolute atomic E-state index is 0.0554. The molecule has 4 rings (SSSR count). The van der Waals surface area contributed by atoms with E-state index in [1.165, 1.54) is 0 Å². The van der Waals surface area contributed by atoms with Crippen LogP contribution in [0.5, 0.6) is 0 Å². The average Bonchev–Trinajstić information content (AvgIpc) is 3.32. The Labute approximate surface area is 166 Å². The van der Waals surface area contributed by atoms with Gasteiger partial charge in [0.15, 0.2) is 11.5 Å². The number of hydrogen-bond acceptors (Lipinski definition) is 7. The molecule has 0 amide bonds. The Hall–Kier alpha value is -3.61. The largest absolute Gasteiger partial charge is 0.461 e. The summed E-state index contributed by atoms with van der Waals surface area (Å²) in [5.74, 6) is -0.475. The highest BCUT2D eigenvalue weighted by Crippen LogP contribution is 2.27. The highest BCUT2D eigenvalue weighted by Gasteiger charge is 2.22. The van der Waals surface area contributed by atoms with Crippen molar-refractivity contribution in [1.29, 1.82) is 0 Å². The first kappa shape index (κ1) is 18.7. The van der Waals surface area contributed by atoms with Crippen molar-refractivity contribution in [2.75, 3.05) is 6.61 Å². The summed E-state index contributed by atoms with van der Waals surface area (Å²) in [7, 11) is 0. The summed E-state index contributed by atoms with van der Waals surface area (Å²) in [6.07, 6.45) is 0.432. The van der Waals surface area contributed by atoms with Gasteiger partial charge in [-0.1, -0.05) is 30.3 Å². The van der Waals surface area contributed by atoms with E-state index in [1.54, 1.807) is 19.1 Å². The molecule has 29 heavy (non-hydrogen) atoms. The molecule has 0 saturated heterocycles. The number of nitrogens with zero attached hydrogens (tertiary/aromatic N) is 1. The summed E-state index contributed by atoms with van der Waals surface area (Å²) < 4.78 is 21.7. The molecule has 0 spiro atoms. The van der Waals surface area contributed by atoms with Gasteiger partial charge in [0.25, 0.3) is 0 Å². The fourth-order valence-electron chi connectivity index (χ4n) is 3.06. The molecule has 0 aliphatic rings. The first-order valence-corrected chi connectivity index (χ1v) is 9.33. The molecule has 2 aromatic carbocycles. The second kappa shape index (κ2) is 8.18. The number of aromatic nitrogens is 1. The zero-order valence-corrected chi connectivity index (χ0v) is 15.8. The Balaban J connectivity index is 1.43. The molecule has 2 heterocycles. The van der Waals surface area contributed by atoms with Gasteiger partial charge in [-0.15, -0.1) is 0 Å². The molecule has 7 nitrogen and oxygen atoms in total. The van der Waals surface area contributed by atoms with Crippen LogP contribution in [-0.4, -0.2) is 23.5 Å². The van der Waals surface area contributed by atoms with E-state index in [-0.39, 0.29) is 25.4 Å². The fraction of sp³-hybridized carbons (Fsp3) is 0.227. The SMILES string of the molecule is CCOC(=O)c1oc2ccccc2c1COC(=O)CCc1nc2ccccc2o1. The lowest BCUT2D eigenvalue weighted by molar-refractivity contribution is -0.145. The van der Waals surface area contributed by atoms with Crippen LogP contribution in [-0.2, 0) is 27.3 Å². The summed E-state index contributed by atoms with van der Waals surface area (Å²) in [6, 6.07) is 14.6. The van der Waals surface area contributed by atoms with E-state index < -0.39 is 11.9 Å². The lowest BCUT2D eigenvalue weighted by atomic mass is 10.1. The van der Waals surface area contributed by atoms with Crippen molar-refractivity contribution in [2.24, 2.45) is 0 Å².